The van der Waals surface area contributed by atoms with E-state index in [-0.39, 0.29) is 5.91 Å². The van der Waals surface area contributed by atoms with Crippen molar-refractivity contribution in [1.82, 2.24) is 19.7 Å². The highest BCUT2D eigenvalue weighted by atomic mass is 16.2. The lowest BCUT2D eigenvalue weighted by Gasteiger charge is -2.34. The highest BCUT2D eigenvalue weighted by Crippen LogP contribution is 2.24. The Morgan fingerprint density at radius 3 is 2.57 bits per heavy atom. The van der Waals surface area contributed by atoms with E-state index in [1.807, 2.05) is 58.4 Å². The second-order valence-electron chi connectivity index (χ2n) is 8.38. The van der Waals surface area contributed by atoms with Gasteiger partial charge in [-0.3, -0.25) is 14.5 Å². The molecule has 0 spiro atoms. The quantitative estimate of drug-likeness (QED) is 0.592. The van der Waals surface area contributed by atoms with Gasteiger partial charge in [0.15, 0.2) is 0 Å². The standard InChI is InChI=1S/C25H28N4O/c1-19-13-20(2)16-28(15-19)24(30)11-10-23-18-29(17-21-7-4-3-5-8-21)27-25(23)22-9-6-12-26-14-22/h3-12,14,18-20H,13,15-17H2,1-2H3/b11-10+. The summed E-state index contributed by atoms with van der Waals surface area (Å²) in [5.74, 6) is 1.16. The van der Waals surface area contributed by atoms with Crippen molar-refractivity contribution < 1.29 is 4.79 Å². The third kappa shape index (κ3) is 4.85. The maximum Gasteiger partial charge on any atom is 0.246 e. The molecule has 154 valence electrons. The summed E-state index contributed by atoms with van der Waals surface area (Å²) in [4.78, 5) is 19.0. The summed E-state index contributed by atoms with van der Waals surface area (Å²) in [5, 5.41) is 4.79. The summed E-state index contributed by atoms with van der Waals surface area (Å²) in [7, 11) is 0. The topological polar surface area (TPSA) is 51.0 Å². The monoisotopic (exact) mass is 400 g/mol. The molecule has 1 aliphatic heterocycles. The number of benzene rings is 1. The van der Waals surface area contributed by atoms with Crippen LogP contribution >= 0.6 is 0 Å². The van der Waals surface area contributed by atoms with Crippen LogP contribution in [0.15, 0.2) is 67.1 Å². The van der Waals surface area contributed by atoms with E-state index >= 15 is 0 Å². The van der Waals surface area contributed by atoms with Crippen LogP contribution in [-0.2, 0) is 11.3 Å². The minimum atomic E-state index is 0.0707. The average molecular weight is 401 g/mol. The summed E-state index contributed by atoms with van der Waals surface area (Å²) in [5.41, 5.74) is 3.88. The van der Waals surface area contributed by atoms with E-state index in [1.165, 1.54) is 12.0 Å². The van der Waals surface area contributed by atoms with Gasteiger partial charge in [0.2, 0.25) is 5.91 Å². The van der Waals surface area contributed by atoms with Gasteiger partial charge in [0.25, 0.3) is 0 Å². The molecule has 1 fully saturated rings. The summed E-state index contributed by atoms with van der Waals surface area (Å²) >= 11 is 0. The number of hydrogen-bond donors (Lipinski definition) is 0. The van der Waals surface area contributed by atoms with Crippen molar-refractivity contribution in [3.63, 3.8) is 0 Å². The Balaban J connectivity index is 1.59. The van der Waals surface area contributed by atoms with Crippen molar-refractivity contribution in [3.8, 4) is 11.3 Å². The Morgan fingerprint density at radius 2 is 1.87 bits per heavy atom. The highest BCUT2D eigenvalue weighted by Gasteiger charge is 2.24. The van der Waals surface area contributed by atoms with Gasteiger partial charge < -0.3 is 4.90 Å². The van der Waals surface area contributed by atoms with Crippen molar-refractivity contribution in [3.05, 3.63) is 78.3 Å². The normalized spacial score (nSPS) is 19.3. The minimum Gasteiger partial charge on any atom is -0.339 e. The number of aromatic nitrogens is 3. The molecular formula is C25H28N4O. The molecule has 0 N–H and O–H groups in total. The van der Waals surface area contributed by atoms with Crippen molar-refractivity contribution in [2.45, 2.75) is 26.8 Å². The van der Waals surface area contributed by atoms with E-state index in [1.54, 1.807) is 12.3 Å². The maximum absolute atomic E-state index is 12.8. The van der Waals surface area contributed by atoms with Crippen molar-refractivity contribution in [1.29, 1.82) is 0 Å². The Bertz CT molecular complexity index is 1000. The lowest BCUT2D eigenvalue weighted by molar-refractivity contribution is -0.128. The second-order valence-corrected chi connectivity index (χ2v) is 8.38. The Morgan fingerprint density at radius 1 is 1.10 bits per heavy atom. The molecule has 0 aliphatic carbocycles. The number of rotatable bonds is 5. The zero-order valence-electron chi connectivity index (χ0n) is 17.6. The SMILES string of the molecule is CC1CC(C)CN(C(=O)/C=C/c2cn(Cc3ccccc3)nc2-c2cccnc2)C1. The average Bonchev–Trinajstić information content (AvgIpc) is 3.15. The number of carbonyl (C=O) groups excluding carboxylic acids is 1. The third-order valence-corrected chi connectivity index (χ3v) is 5.50. The second kappa shape index (κ2) is 9.08. The predicted molar refractivity (Wildman–Crippen MR) is 120 cm³/mol. The minimum absolute atomic E-state index is 0.0707. The van der Waals surface area contributed by atoms with Crippen LogP contribution in [0, 0.1) is 11.8 Å². The molecular weight excluding hydrogens is 372 g/mol. The van der Waals surface area contributed by atoms with Crippen LogP contribution in [0.1, 0.15) is 31.4 Å². The largest absolute Gasteiger partial charge is 0.339 e. The van der Waals surface area contributed by atoms with Gasteiger partial charge in [-0.1, -0.05) is 44.2 Å². The first-order valence-corrected chi connectivity index (χ1v) is 10.6. The molecule has 0 saturated carbocycles. The molecule has 3 aromatic rings. The van der Waals surface area contributed by atoms with Gasteiger partial charge in [-0.2, -0.15) is 5.10 Å². The fourth-order valence-corrected chi connectivity index (χ4v) is 4.25. The van der Waals surface area contributed by atoms with Gasteiger partial charge in [-0.15, -0.1) is 0 Å². The smallest absolute Gasteiger partial charge is 0.246 e. The number of nitrogens with zero attached hydrogens (tertiary/aromatic N) is 4. The molecule has 1 aromatic carbocycles. The van der Waals surface area contributed by atoms with Crippen LogP contribution in [0.3, 0.4) is 0 Å². The van der Waals surface area contributed by atoms with Crippen LogP contribution < -0.4 is 0 Å². The molecule has 2 atom stereocenters. The highest BCUT2D eigenvalue weighted by molar-refractivity contribution is 5.93. The van der Waals surface area contributed by atoms with E-state index in [0.717, 1.165) is 29.9 Å². The van der Waals surface area contributed by atoms with Crippen molar-refractivity contribution >= 4 is 12.0 Å². The molecule has 30 heavy (non-hydrogen) atoms. The number of piperidine rings is 1. The lowest BCUT2D eigenvalue weighted by atomic mass is 9.92. The molecule has 0 bridgehead atoms. The van der Waals surface area contributed by atoms with Crippen molar-refractivity contribution in [2.24, 2.45) is 11.8 Å². The first-order chi connectivity index (χ1) is 14.6. The molecule has 1 aliphatic rings. The fraction of sp³-hybridized carbons (Fsp3) is 0.320. The van der Waals surface area contributed by atoms with Gasteiger partial charge in [0.05, 0.1) is 6.54 Å². The molecule has 3 heterocycles. The van der Waals surface area contributed by atoms with E-state index in [4.69, 9.17) is 5.10 Å². The zero-order chi connectivity index (χ0) is 20.9. The van der Waals surface area contributed by atoms with Gasteiger partial charge in [-0.05, 0) is 42.0 Å². The number of carbonyl (C=O) groups is 1. The number of amides is 1. The summed E-state index contributed by atoms with van der Waals surface area (Å²) in [6.45, 7) is 6.77. The molecule has 5 nitrogen and oxygen atoms in total. The Kier molecular flexibility index (Phi) is 6.07. The number of pyridine rings is 1. The fourth-order valence-electron chi connectivity index (χ4n) is 4.25. The molecule has 4 rings (SSSR count). The Hall–Kier alpha value is -3.21. The number of hydrogen-bond acceptors (Lipinski definition) is 3. The summed E-state index contributed by atoms with van der Waals surface area (Å²) < 4.78 is 1.92. The molecule has 0 radical (unpaired) electrons. The summed E-state index contributed by atoms with van der Waals surface area (Å²) in [6.07, 6.45) is 10.3. The molecule has 2 aromatic heterocycles. The lowest BCUT2D eigenvalue weighted by Crippen LogP contribution is -2.41. The first kappa shape index (κ1) is 20.1. The first-order valence-electron chi connectivity index (χ1n) is 10.6. The van der Waals surface area contributed by atoms with Gasteiger partial charge in [0, 0.05) is 48.9 Å². The Labute approximate surface area is 178 Å². The van der Waals surface area contributed by atoms with Gasteiger partial charge in [-0.25, -0.2) is 0 Å². The third-order valence-electron chi connectivity index (χ3n) is 5.50. The van der Waals surface area contributed by atoms with Gasteiger partial charge in [0.1, 0.15) is 5.69 Å². The van der Waals surface area contributed by atoms with E-state index in [2.05, 4.69) is 31.0 Å². The predicted octanol–water partition coefficient (Wildman–Crippen LogP) is 4.51. The van der Waals surface area contributed by atoms with Gasteiger partial charge >= 0.3 is 0 Å². The maximum atomic E-state index is 12.8. The molecule has 2 unspecified atom stereocenters. The van der Waals surface area contributed by atoms with E-state index < -0.39 is 0 Å². The van der Waals surface area contributed by atoms with Crippen LogP contribution in [0.25, 0.3) is 17.3 Å². The van der Waals surface area contributed by atoms with E-state index in [9.17, 15) is 4.79 Å². The van der Waals surface area contributed by atoms with Crippen molar-refractivity contribution in [2.75, 3.05) is 13.1 Å². The van der Waals surface area contributed by atoms with Crippen LogP contribution in [0.5, 0.6) is 0 Å². The number of likely N-dealkylation sites (tertiary alicyclic amines) is 1. The molecule has 1 amide bonds. The molecule has 5 heteroatoms. The van der Waals surface area contributed by atoms with Crippen LogP contribution in [-0.4, -0.2) is 38.7 Å². The van der Waals surface area contributed by atoms with Crippen LogP contribution in [0.2, 0.25) is 0 Å². The molecule has 1 saturated heterocycles. The zero-order valence-corrected chi connectivity index (χ0v) is 17.6. The van der Waals surface area contributed by atoms with E-state index in [0.29, 0.717) is 18.4 Å². The summed E-state index contributed by atoms with van der Waals surface area (Å²) in [6, 6.07) is 14.1. The van der Waals surface area contributed by atoms with Crippen LogP contribution in [0.4, 0.5) is 0 Å².